The summed E-state index contributed by atoms with van der Waals surface area (Å²) in [5, 5.41) is 2.44. The maximum Gasteiger partial charge on any atom is 0.416 e. The van der Waals surface area contributed by atoms with Gasteiger partial charge in [-0.05, 0) is 37.3 Å². The number of ether oxygens (including phenoxy) is 1. The van der Waals surface area contributed by atoms with E-state index in [1.54, 1.807) is 0 Å². The quantitative estimate of drug-likeness (QED) is 0.540. The summed E-state index contributed by atoms with van der Waals surface area (Å²) >= 11 is 0. The monoisotopic (exact) mass is 456 g/mol. The number of carbonyl (C=O) groups is 1. The van der Waals surface area contributed by atoms with Crippen molar-refractivity contribution < 1.29 is 35.9 Å². The Bertz CT molecular complexity index is 1110. The number of halogens is 6. The summed E-state index contributed by atoms with van der Waals surface area (Å²) in [6.45, 7) is -1.89. The van der Waals surface area contributed by atoms with Crippen molar-refractivity contribution in [2.24, 2.45) is 0 Å². The Labute approximate surface area is 177 Å². The van der Waals surface area contributed by atoms with Gasteiger partial charge in [-0.25, -0.2) is 4.39 Å². The van der Waals surface area contributed by atoms with Crippen LogP contribution in [0.25, 0.3) is 11.4 Å². The first-order valence-corrected chi connectivity index (χ1v) is 8.95. The molecule has 2 aromatic heterocycles. The lowest BCUT2D eigenvalue weighted by molar-refractivity contribution is -0.138. The van der Waals surface area contributed by atoms with Gasteiger partial charge in [0.1, 0.15) is 17.3 Å². The Hall–Kier alpha value is -3.70. The Balaban J connectivity index is 1.90. The van der Waals surface area contributed by atoms with Crippen molar-refractivity contribution in [1.82, 2.24) is 20.3 Å². The molecule has 0 radical (unpaired) electrons. The van der Waals surface area contributed by atoms with Crippen molar-refractivity contribution in [2.75, 3.05) is 0 Å². The van der Waals surface area contributed by atoms with E-state index in [1.807, 2.05) is 0 Å². The number of benzene rings is 1. The molecule has 1 N–H and O–H groups in total. The molecular formula is C20H14F6N4O2. The first-order chi connectivity index (χ1) is 15.0. The molecule has 3 aromatic rings. The highest BCUT2D eigenvalue weighted by molar-refractivity contribution is 5.95. The van der Waals surface area contributed by atoms with Crippen LogP contribution in [0.15, 0.2) is 48.9 Å². The minimum atomic E-state index is -4.89. The first-order valence-electron chi connectivity index (χ1n) is 8.95. The maximum absolute atomic E-state index is 13.2. The van der Waals surface area contributed by atoms with Crippen LogP contribution in [0.1, 0.15) is 34.6 Å². The largest absolute Gasteiger partial charge is 0.435 e. The molecule has 168 valence electrons. The molecule has 0 saturated carbocycles. The minimum absolute atomic E-state index is 0.205. The number of amides is 1. The van der Waals surface area contributed by atoms with E-state index >= 15 is 0 Å². The van der Waals surface area contributed by atoms with Gasteiger partial charge in [-0.2, -0.15) is 22.0 Å². The van der Waals surface area contributed by atoms with E-state index in [1.165, 1.54) is 25.4 Å². The molecule has 1 atom stereocenters. The van der Waals surface area contributed by atoms with Crippen molar-refractivity contribution in [3.05, 3.63) is 71.6 Å². The van der Waals surface area contributed by atoms with Crippen molar-refractivity contribution in [2.45, 2.75) is 25.8 Å². The maximum atomic E-state index is 13.2. The highest BCUT2D eigenvalue weighted by Crippen LogP contribution is 2.33. The van der Waals surface area contributed by atoms with E-state index in [0.717, 1.165) is 18.3 Å². The van der Waals surface area contributed by atoms with Crippen LogP contribution in [0.5, 0.6) is 5.75 Å². The highest BCUT2D eigenvalue weighted by atomic mass is 19.4. The van der Waals surface area contributed by atoms with Crippen LogP contribution in [0.2, 0.25) is 0 Å². The van der Waals surface area contributed by atoms with E-state index in [0.29, 0.717) is 12.1 Å². The van der Waals surface area contributed by atoms with Crippen LogP contribution in [0.3, 0.4) is 0 Å². The lowest BCUT2D eigenvalue weighted by Crippen LogP contribution is -2.28. The highest BCUT2D eigenvalue weighted by Gasteiger charge is 2.32. The first kappa shape index (κ1) is 23.0. The molecule has 0 aliphatic rings. The number of hydrogen-bond acceptors (Lipinski definition) is 5. The van der Waals surface area contributed by atoms with Gasteiger partial charge in [-0.3, -0.25) is 19.7 Å². The summed E-state index contributed by atoms with van der Waals surface area (Å²) < 4.78 is 81.5. The van der Waals surface area contributed by atoms with Crippen molar-refractivity contribution >= 4 is 5.91 Å². The fraction of sp³-hybridized carbons (Fsp3) is 0.200. The average molecular weight is 456 g/mol. The van der Waals surface area contributed by atoms with Crippen LogP contribution in [-0.4, -0.2) is 27.5 Å². The number of hydrogen-bond donors (Lipinski definition) is 1. The second-order valence-corrected chi connectivity index (χ2v) is 6.47. The van der Waals surface area contributed by atoms with E-state index < -0.39 is 47.4 Å². The minimum Gasteiger partial charge on any atom is -0.435 e. The van der Waals surface area contributed by atoms with E-state index in [2.05, 4.69) is 25.0 Å². The van der Waals surface area contributed by atoms with Gasteiger partial charge in [0.25, 0.3) is 5.91 Å². The third-order valence-corrected chi connectivity index (χ3v) is 4.18. The number of carbonyl (C=O) groups excluding carboxylic acids is 1. The van der Waals surface area contributed by atoms with Crippen molar-refractivity contribution in [3.8, 4) is 17.1 Å². The molecule has 1 aromatic carbocycles. The fourth-order valence-corrected chi connectivity index (χ4v) is 2.79. The van der Waals surface area contributed by atoms with Gasteiger partial charge in [0.05, 0.1) is 29.2 Å². The standard InChI is InChI=1S/C20H14F6N4O2/c1-10(16-17(28-5-4-27-16)15-3-2-13(21)9-29-15)30-18(31)11-6-12(20(24,25)26)8-14(7-11)32-19(22)23/h2-10,19H,1H3,(H,30,31). The van der Waals surface area contributed by atoms with E-state index in [-0.39, 0.29) is 17.1 Å². The molecular weight excluding hydrogens is 442 g/mol. The number of nitrogens with one attached hydrogen (secondary N) is 1. The van der Waals surface area contributed by atoms with E-state index in [4.69, 9.17) is 0 Å². The van der Waals surface area contributed by atoms with Crippen molar-refractivity contribution in [3.63, 3.8) is 0 Å². The summed E-state index contributed by atoms with van der Waals surface area (Å²) in [6, 6.07) is 3.26. The fourth-order valence-electron chi connectivity index (χ4n) is 2.79. The molecule has 0 fully saturated rings. The average Bonchev–Trinajstić information content (AvgIpc) is 2.73. The molecule has 6 nitrogen and oxygen atoms in total. The molecule has 1 amide bonds. The zero-order chi connectivity index (χ0) is 23.5. The van der Waals surface area contributed by atoms with Crippen LogP contribution in [0.4, 0.5) is 26.3 Å². The summed E-state index contributed by atoms with van der Waals surface area (Å²) in [7, 11) is 0. The number of alkyl halides is 5. The topological polar surface area (TPSA) is 77.0 Å². The lowest BCUT2D eigenvalue weighted by atomic mass is 10.1. The Morgan fingerprint density at radius 2 is 1.78 bits per heavy atom. The normalized spacial score (nSPS) is 12.5. The van der Waals surface area contributed by atoms with Crippen LogP contribution < -0.4 is 10.1 Å². The lowest BCUT2D eigenvalue weighted by Gasteiger charge is -2.17. The molecule has 0 aliphatic carbocycles. The number of pyridine rings is 1. The van der Waals surface area contributed by atoms with Gasteiger partial charge in [0, 0.05) is 18.0 Å². The summed E-state index contributed by atoms with van der Waals surface area (Å²) in [5.74, 6) is -2.39. The van der Waals surface area contributed by atoms with E-state index in [9.17, 15) is 31.1 Å². The van der Waals surface area contributed by atoms with Gasteiger partial charge in [0.2, 0.25) is 0 Å². The second-order valence-electron chi connectivity index (χ2n) is 6.47. The molecule has 2 heterocycles. The molecule has 0 spiro atoms. The van der Waals surface area contributed by atoms with Gasteiger partial charge in [-0.15, -0.1) is 0 Å². The van der Waals surface area contributed by atoms with Gasteiger partial charge in [0.15, 0.2) is 0 Å². The second kappa shape index (κ2) is 9.20. The predicted molar refractivity (Wildman–Crippen MR) is 99.2 cm³/mol. The molecule has 3 rings (SSSR count). The van der Waals surface area contributed by atoms with Gasteiger partial charge < -0.3 is 10.1 Å². The van der Waals surface area contributed by atoms with Crippen LogP contribution in [0, 0.1) is 5.82 Å². The smallest absolute Gasteiger partial charge is 0.416 e. The van der Waals surface area contributed by atoms with Crippen LogP contribution in [-0.2, 0) is 6.18 Å². The molecule has 12 heteroatoms. The van der Waals surface area contributed by atoms with Crippen molar-refractivity contribution in [1.29, 1.82) is 0 Å². The molecule has 0 saturated heterocycles. The number of nitrogens with zero attached hydrogens (tertiary/aromatic N) is 3. The SMILES string of the molecule is CC(NC(=O)c1cc(OC(F)F)cc(C(F)(F)F)c1)c1nccnc1-c1ccc(F)cn1. The van der Waals surface area contributed by atoms with Crippen LogP contribution >= 0.6 is 0 Å². The summed E-state index contributed by atoms with van der Waals surface area (Å²) in [5.41, 5.74) is -1.21. The Kier molecular flexibility index (Phi) is 6.61. The third-order valence-electron chi connectivity index (χ3n) is 4.18. The Morgan fingerprint density at radius 3 is 2.41 bits per heavy atom. The summed E-state index contributed by atoms with van der Waals surface area (Å²) in [6.07, 6.45) is -1.26. The molecule has 0 aliphatic heterocycles. The van der Waals surface area contributed by atoms with Gasteiger partial charge >= 0.3 is 12.8 Å². The number of rotatable bonds is 6. The molecule has 32 heavy (non-hydrogen) atoms. The van der Waals surface area contributed by atoms with Gasteiger partial charge in [-0.1, -0.05) is 0 Å². The number of aromatic nitrogens is 3. The Morgan fingerprint density at radius 1 is 1.06 bits per heavy atom. The predicted octanol–water partition coefficient (Wildman–Crippen LogP) is 4.79. The molecule has 1 unspecified atom stereocenters. The summed E-state index contributed by atoms with van der Waals surface area (Å²) in [4.78, 5) is 24.8. The third kappa shape index (κ3) is 5.50. The molecule has 0 bridgehead atoms. The zero-order valence-corrected chi connectivity index (χ0v) is 16.2. The zero-order valence-electron chi connectivity index (χ0n) is 16.2.